The number of halogens is 1. The summed E-state index contributed by atoms with van der Waals surface area (Å²) in [7, 11) is 0. The van der Waals surface area contributed by atoms with Crippen molar-refractivity contribution in [1.29, 1.82) is 0 Å². The predicted molar refractivity (Wildman–Crippen MR) is 125 cm³/mol. The highest BCUT2D eigenvalue weighted by Gasteiger charge is 2.28. The Morgan fingerprint density at radius 3 is 2.74 bits per heavy atom. The highest BCUT2D eigenvalue weighted by atomic mass is 35.5. The van der Waals surface area contributed by atoms with Gasteiger partial charge < -0.3 is 5.32 Å². The standard InChI is InChI=1S/C22H17ClN4O2S2/c23-15-9-7-13(8-10-15)20(29)25-17-3-1-2-4-18(17)30-12-16-11-19(28)27-22(24-16)31-21(26-27)14-5-6-14/h1-4,7-11,14H,5-6,12H2,(H,25,29). The number of rotatable bonds is 6. The van der Waals surface area contributed by atoms with Crippen LogP contribution in [0.25, 0.3) is 4.96 Å². The van der Waals surface area contributed by atoms with Gasteiger partial charge in [-0.15, -0.1) is 11.8 Å². The number of aromatic nitrogens is 3. The smallest absolute Gasteiger partial charge is 0.275 e. The van der Waals surface area contributed by atoms with Crippen molar-refractivity contribution >= 4 is 51.3 Å². The summed E-state index contributed by atoms with van der Waals surface area (Å²) < 4.78 is 1.40. The van der Waals surface area contributed by atoms with Crippen molar-refractivity contribution in [2.75, 3.05) is 5.32 Å². The van der Waals surface area contributed by atoms with Gasteiger partial charge >= 0.3 is 0 Å². The molecule has 2 aromatic heterocycles. The first kappa shape index (κ1) is 20.2. The van der Waals surface area contributed by atoms with Crippen LogP contribution in [0.2, 0.25) is 5.02 Å². The molecule has 1 amide bonds. The zero-order valence-electron chi connectivity index (χ0n) is 16.2. The Morgan fingerprint density at radius 2 is 1.97 bits per heavy atom. The maximum atomic E-state index is 12.6. The van der Waals surface area contributed by atoms with Crippen LogP contribution in [0.5, 0.6) is 0 Å². The predicted octanol–water partition coefficient (Wildman–Crippen LogP) is 5.23. The van der Waals surface area contributed by atoms with Gasteiger partial charge in [-0.1, -0.05) is 35.1 Å². The molecule has 156 valence electrons. The molecule has 0 atom stereocenters. The van der Waals surface area contributed by atoms with E-state index in [4.69, 9.17) is 11.6 Å². The number of anilines is 1. The van der Waals surface area contributed by atoms with Crippen LogP contribution in [-0.4, -0.2) is 20.5 Å². The number of carbonyl (C=O) groups is 1. The molecule has 6 nitrogen and oxygen atoms in total. The number of nitrogens with one attached hydrogen (secondary N) is 1. The zero-order chi connectivity index (χ0) is 21.4. The molecule has 1 fully saturated rings. The van der Waals surface area contributed by atoms with Gasteiger partial charge in [-0.3, -0.25) is 9.59 Å². The lowest BCUT2D eigenvalue weighted by Crippen LogP contribution is -2.15. The van der Waals surface area contributed by atoms with Crippen molar-refractivity contribution in [3.63, 3.8) is 0 Å². The van der Waals surface area contributed by atoms with Crippen LogP contribution in [0, 0.1) is 0 Å². The molecule has 2 heterocycles. The molecule has 2 aromatic carbocycles. The van der Waals surface area contributed by atoms with E-state index in [1.165, 1.54) is 33.7 Å². The third-order valence-electron chi connectivity index (χ3n) is 4.86. The van der Waals surface area contributed by atoms with Crippen molar-refractivity contribution in [1.82, 2.24) is 14.6 Å². The second-order valence-corrected chi connectivity index (χ2v) is 9.68. The van der Waals surface area contributed by atoms with Crippen molar-refractivity contribution in [3.05, 3.63) is 86.2 Å². The first-order chi connectivity index (χ1) is 15.1. The van der Waals surface area contributed by atoms with Crippen molar-refractivity contribution in [3.8, 4) is 0 Å². The van der Waals surface area contributed by atoms with Gasteiger partial charge in [0.05, 0.1) is 11.4 Å². The number of benzene rings is 2. The maximum Gasteiger partial charge on any atom is 0.275 e. The Balaban J connectivity index is 1.33. The van der Waals surface area contributed by atoms with Gasteiger partial charge in [-0.2, -0.15) is 9.61 Å². The fourth-order valence-electron chi connectivity index (χ4n) is 3.08. The Bertz CT molecular complexity index is 1330. The lowest BCUT2D eigenvalue weighted by atomic mass is 10.2. The quantitative estimate of drug-likeness (QED) is 0.392. The molecule has 1 saturated carbocycles. The van der Waals surface area contributed by atoms with Gasteiger partial charge in [0.25, 0.3) is 11.5 Å². The van der Waals surface area contributed by atoms with E-state index < -0.39 is 0 Å². The fourth-order valence-corrected chi connectivity index (χ4v) is 5.20. The molecule has 0 unspecified atom stereocenters. The lowest BCUT2D eigenvalue weighted by Gasteiger charge is -2.11. The Labute approximate surface area is 191 Å². The van der Waals surface area contributed by atoms with E-state index in [0.717, 1.165) is 22.7 Å². The molecule has 0 saturated heterocycles. The number of thioether (sulfide) groups is 1. The van der Waals surface area contributed by atoms with E-state index in [2.05, 4.69) is 15.4 Å². The first-order valence-corrected chi connectivity index (χ1v) is 11.9. The molecular formula is C22H17ClN4O2S2. The van der Waals surface area contributed by atoms with Crippen LogP contribution in [-0.2, 0) is 5.75 Å². The molecule has 31 heavy (non-hydrogen) atoms. The van der Waals surface area contributed by atoms with Crippen LogP contribution in [0.3, 0.4) is 0 Å². The highest BCUT2D eigenvalue weighted by Crippen LogP contribution is 2.41. The molecule has 0 aliphatic heterocycles. The van der Waals surface area contributed by atoms with E-state index in [1.807, 2.05) is 24.3 Å². The summed E-state index contributed by atoms with van der Waals surface area (Å²) in [6.45, 7) is 0. The molecule has 5 rings (SSSR count). The van der Waals surface area contributed by atoms with Gasteiger partial charge in [-0.25, -0.2) is 4.98 Å². The van der Waals surface area contributed by atoms with Crippen molar-refractivity contribution < 1.29 is 4.79 Å². The Kier molecular flexibility index (Phi) is 5.52. The van der Waals surface area contributed by atoms with E-state index in [1.54, 1.807) is 24.3 Å². The zero-order valence-corrected chi connectivity index (χ0v) is 18.6. The van der Waals surface area contributed by atoms with Gasteiger partial charge in [0.1, 0.15) is 5.01 Å². The summed E-state index contributed by atoms with van der Waals surface area (Å²) >= 11 is 8.91. The van der Waals surface area contributed by atoms with Crippen LogP contribution < -0.4 is 10.9 Å². The molecular weight excluding hydrogens is 452 g/mol. The monoisotopic (exact) mass is 468 g/mol. The topological polar surface area (TPSA) is 76.4 Å². The summed E-state index contributed by atoms with van der Waals surface area (Å²) in [6.07, 6.45) is 2.27. The highest BCUT2D eigenvalue weighted by molar-refractivity contribution is 7.98. The maximum absolute atomic E-state index is 12.6. The number of hydrogen-bond acceptors (Lipinski definition) is 6. The lowest BCUT2D eigenvalue weighted by molar-refractivity contribution is 0.102. The van der Waals surface area contributed by atoms with Gasteiger partial charge in [0.2, 0.25) is 4.96 Å². The van der Waals surface area contributed by atoms with Gasteiger partial charge in [-0.05, 0) is 49.2 Å². The number of carbonyl (C=O) groups excluding carboxylic acids is 1. The largest absolute Gasteiger partial charge is 0.321 e. The van der Waals surface area contributed by atoms with E-state index in [-0.39, 0.29) is 11.5 Å². The molecule has 1 aliphatic rings. The minimum atomic E-state index is -0.209. The molecule has 0 spiro atoms. The van der Waals surface area contributed by atoms with Crippen LogP contribution in [0.15, 0.2) is 64.3 Å². The average Bonchev–Trinajstić information content (AvgIpc) is 3.53. The van der Waals surface area contributed by atoms with E-state index >= 15 is 0 Å². The van der Waals surface area contributed by atoms with E-state index in [0.29, 0.717) is 38.6 Å². The minimum Gasteiger partial charge on any atom is -0.321 e. The average molecular weight is 469 g/mol. The molecule has 4 aromatic rings. The molecule has 1 aliphatic carbocycles. The third kappa shape index (κ3) is 4.51. The Hall–Kier alpha value is -2.68. The van der Waals surface area contributed by atoms with Gasteiger partial charge in [0.15, 0.2) is 0 Å². The van der Waals surface area contributed by atoms with Crippen molar-refractivity contribution in [2.24, 2.45) is 0 Å². The van der Waals surface area contributed by atoms with Gasteiger partial charge in [0, 0.05) is 33.2 Å². The fraction of sp³-hybridized carbons (Fsp3) is 0.182. The normalized spacial score (nSPS) is 13.5. The van der Waals surface area contributed by atoms with Crippen LogP contribution >= 0.6 is 34.7 Å². The van der Waals surface area contributed by atoms with E-state index in [9.17, 15) is 9.59 Å². The molecule has 0 bridgehead atoms. The number of amides is 1. The summed E-state index contributed by atoms with van der Waals surface area (Å²) in [6, 6.07) is 15.8. The third-order valence-corrected chi connectivity index (χ3v) is 7.29. The number of nitrogens with zero attached hydrogens (tertiary/aromatic N) is 3. The second kappa shape index (κ2) is 8.45. The molecule has 9 heteroatoms. The molecule has 1 N–H and O–H groups in total. The van der Waals surface area contributed by atoms with Crippen LogP contribution in [0.4, 0.5) is 5.69 Å². The SMILES string of the molecule is O=C(Nc1ccccc1SCc1cc(=O)n2nc(C3CC3)sc2n1)c1ccc(Cl)cc1. The minimum absolute atomic E-state index is 0.159. The first-order valence-electron chi connectivity index (χ1n) is 9.75. The second-order valence-electron chi connectivity index (χ2n) is 7.24. The summed E-state index contributed by atoms with van der Waals surface area (Å²) in [5, 5.41) is 8.93. The Morgan fingerprint density at radius 1 is 1.19 bits per heavy atom. The summed E-state index contributed by atoms with van der Waals surface area (Å²) in [5.41, 5.74) is 1.77. The van der Waals surface area contributed by atoms with Crippen LogP contribution in [0.1, 0.15) is 39.8 Å². The number of para-hydroxylation sites is 1. The number of fused-ring (bicyclic) bond motifs is 1. The summed E-state index contributed by atoms with van der Waals surface area (Å²) in [5.74, 6) is 0.788. The number of hydrogen-bond donors (Lipinski definition) is 1. The van der Waals surface area contributed by atoms with Crippen molar-refractivity contribution in [2.45, 2.75) is 29.4 Å². The summed E-state index contributed by atoms with van der Waals surface area (Å²) in [4.78, 5) is 31.2. The molecule has 0 radical (unpaired) electrons.